The van der Waals surface area contributed by atoms with E-state index in [1.165, 1.54) is 82.7 Å². The topological polar surface area (TPSA) is 12.0 Å². The molecule has 0 spiro atoms. The quantitative estimate of drug-likeness (QED) is 0.359. The van der Waals surface area contributed by atoms with Crippen LogP contribution in [-0.2, 0) is 0 Å². The number of unbranched alkanes of at least 4 members (excludes halogenated alkanes) is 9. The summed E-state index contributed by atoms with van der Waals surface area (Å²) in [5, 5.41) is 3.66. The second-order valence-electron chi connectivity index (χ2n) is 6.59. The lowest BCUT2D eigenvalue weighted by Gasteiger charge is -2.18. The van der Waals surface area contributed by atoms with Crippen molar-refractivity contribution in [1.29, 1.82) is 0 Å². The number of hydrogen-bond donors (Lipinski definition) is 1. The zero-order chi connectivity index (χ0) is 15.9. The molecule has 0 radical (unpaired) electrons. The molecule has 1 aromatic carbocycles. The van der Waals surface area contributed by atoms with Crippen LogP contribution in [0.2, 0.25) is 0 Å². The molecule has 1 aromatic rings. The first-order chi connectivity index (χ1) is 10.9. The molecule has 0 saturated heterocycles. The highest BCUT2D eigenvalue weighted by molar-refractivity contribution is 5.43. The number of benzene rings is 1. The molecule has 0 aliphatic carbocycles. The van der Waals surface area contributed by atoms with Crippen molar-refractivity contribution >= 4 is 5.69 Å². The largest absolute Gasteiger partial charge is 0.382 e. The van der Waals surface area contributed by atoms with Gasteiger partial charge in [-0.3, -0.25) is 0 Å². The van der Waals surface area contributed by atoms with Crippen molar-refractivity contribution in [2.75, 3.05) is 5.32 Å². The van der Waals surface area contributed by atoms with E-state index >= 15 is 0 Å². The van der Waals surface area contributed by atoms with E-state index in [9.17, 15) is 0 Å². The molecule has 0 aromatic heterocycles. The summed E-state index contributed by atoms with van der Waals surface area (Å²) in [6, 6.07) is 11.3. The minimum Gasteiger partial charge on any atom is -0.382 e. The molecule has 126 valence electrons. The lowest BCUT2D eigenvalue weighted by Crippen LogP contribution is -2.18. The Morgan fingerprint density at radius 1 is 0.727 bits per heavy atom. The Hall–Kier alpha value is -0.980. The molecule has 1 rings (SSSR count). The van der Waals surface area contributed by atoms with Crippen molar-refractivity contribution in [3.05, 3.63) is 30.3 Å². The highest BCUT2D eigenvalue weighted by Gasteiger charge is 2.05. The third-order valence-electron chi connectivity index (χ3n) is 4.54. The minimum absolute atomic E-state index is 0.636. The number of hydrogen-bond acceptors (Lipinski definition) is 1. The highest BCUT2D eigenvalue weighted by Crippen LogP contribution is 2.15. The molecule has 0 saturated carbocycles. The zero-order valence-corrected chi connectivity index (χ0v) is 14.9. The number of nitrogens with one attached hydrogen (secondary N) is 1. The molecule has 0 aliphatic rings. The molecule has 1 nitrogen and oxygen atoms in total. The lowest BCUT2D eigenvalue weighted by molar-refractivity contribution is 0.528. The van der Waals surface area contributed by atoms with Crippen LogP contribution in [0.4, 0.5) is 5.69 Å². The third kappa shape index (κ3) is 9.87. The van der Waals surface area contributed by atoms with E-state index in [1.807, 2.05) is 0 Å². The Balaban J connectivity index is 1.96. The SMILES string of the molecule is CCCCCCCCCCCCC(CC)Nc1ccccc1. The van der Waals surface area contributed by atoms with Crippen LogP contribution in [0.5, 0.6) is 0 Å². The van der Waals surface area contributed by atoms with E-state index in [0.29, 0.717) is 6.04 Å². The minimum atomic E-state index is 0.636. The van der Waals surface area contributed by atoms with Crippen LogP contribution >= 0.6 is 0 Å². The lowest BCUT2D eigenvalue weighted by atomic mass is 10.0. The molecule has 1 N–H and O–H groups in total. The number of para-hydroxylation sites is 1. The van der Waals surface area contributed by atoms with E-state index in [-0.39, 0.29) is 0 Å². The maximum atomic E-state index is 3.66. The summed E-state index contributed by atoms with van der Waals surface area (Å²) in [4.78, 5) is 0. The number of rotatable bonds is 14. The second-order valence-corrected chi connectivity index (χ2v) is 6.59. The Morgan fingerprint density at radius 3 is 1.82 bits per heavy atom. The standard InChI is InChI=1S/C21H37N/c1-3-5-6-7-8-9-10-11-12-14-17-20(4-2)22-21-18-15-13-16-19-21/h13,15-16,18-20,22H,3-12,14,17H2,1-2H3. The first-order valence-electron chi connectivity index (χ1n) is 9.68. The molecular weight excluding hydrogens is 266 g/mol. The van der Waals surface area contributed by atoms with E-state index in [2.05, 4.69) is 49.5 Å². The molecule has 0 aliphatic heterocycles. The maximum Gasteiger partial charge on any atom is 0.0342 e. The molecule has 1 heteroatoms. The predicted molar refractivity (Wildman–Crippen MR) is 101 cm³/mol. The molecule has 1 atom stereocenters. The van der Waals surface area contributed by atoms with E-state index in [4.69, 9.17) is 0 Å². The van der Waals surface area contributed by atoms with Crippen molar-refractivity contribution in [3.8, 4) is 0 Å². The Kier molecular flexibility index (Phi) is 11.8. The predicted octanol–water partition coefficient (Wildman–Crippen LogP) is 7.19. The molecule has 0 amide bonds. The normalized spacial score (nSPS) is 12.3. The Bertz CT molecular complexity index is 333. The van der Waals surface area contributed by atoms with Crippen LogP contribution in [0, 0.1) is 0 Å². The first-order valence-corrected chi connectivity index (χ1v) is 9.68. The summed E-state index contributed by atoms with van der Waals surface area (Å²) < 4.78 is 0. The van der Waals surface area contributed by atoms with Gasteiger partial charge in [-0.1, -0.05) is 96.3 Å². The van der Waals surface area contributed by atoms with Gasteiger partial charge in [-0.2, -0.15) is 0 Å². The van der Waals surface area contributed by atoms with E-state index < -0.39 is 0 Å². The van der Waals surface area contributed by atoms with Crippen LogP contribution in [0.3, 0.4) is 0 Å². The zero-order valence-electron chi connectivity index (χ0n) is 14.9. The second kappa shape index (κ2) is 13.7. The van der Waals surface area contributed by atoms with E-state index in [0.717, 1.165) is 0 Å². The van der Waals surface area contributed by atoms with Crippen molar-refractivity contribution in [3.63, 3.8) is 0 Å². The van der Waals surface area contributed by atoms with Crippen LogP contribution in [0.25, 0.3) is 0 Å². The summed E-state index contributed by atoms with van der Waals surface area (Å²) in [7, 11) is 0. The van der Waals surface area contributed by atoms with Gasteiger partial charge in [-0.15, -0.1) is 0 Å². The average Bonchev–Trinajstić information content (AvgIpc) is 2.56. The smallest absolute Gasteiger partial charge is 0.0342 e. The van der Waals surface area contributed by atoms with Crippen molar-refractivity contribution in [2.45, 2.75) is 96.9 Å². The molecule has 1 unspecified atom stereocenters. The van der Waals surface area contributed by atoms with E-state index in [1.54, 1.807) is 0 Å². The molecule has 0 fully saturated rings. The highest BCUT2D eigenvalue weighted by atomic mass is 14.9. The van der Waals surface area contributed by atoms with Gasteiger partial charge in [0.1, 0.15) is 0 Å². The third-order valence-corrected chi connectivity index (χ3v) is 4.54. The van der Waals surface area contributed by atoms with Crippen LogP contribution in [-0.4, -0.2) is 6.04 Å². The van der Waals surface area contributed by atoms with Crippen molar-refractivity contribution < 1.29 is 0 Å². The van der Waals surface area contributed by atoms with Gasteiger partial charge >= 0.3 is 0 Å². The van der Waals surface area contributed by atoms with Crippen LogP contribution < -0.4 is 5.32 Å². The summed E-state index contributed by atoms with van der Waals surface area (Å²) in [6.07, 6.45) is 16.7. The van der Waals surface area contributed by atoms with Crippen LogP contribution in [0.1, 0.15) is 90.9 Å². The fourth-order valence-corrected chi connectivity index (χ4v) is 3.03. The maximum absolute atomic E-state index is 3.66. The summed E-state index contributed by atoms with van der Waals surface area (Å²) in [5.74, 6) is 0. The van der Waals surface area contributed by atoms with Gasteiger partial charge in [0.2, 0.25) is 0 Å². The van der Waals surface area contributed by atoms with Gasteiger partial charge in [-0.05, 0) is 25.0 Å². The first kappa shape index (κ1) is 19.1. The summed E-state index contributed by atoms with van der Waals surface area (Å²) in [6.45, 7) is 4.58. The fourth-order valence-electron chi connectivity index (χ4n) is 3.03. The number of anilines is 1. The molecule has 0 bridgehead atoms. The van der Waals surface area contributed by atoms with Gasteiger partial charge in [0.05, 0.1) is 0 Å². The molecule has 0 heterocycles. The fraction of sp³-hybridized carbons (Fsp3) is 0.714. The molecular formula is C21H37N. The van der Waals surface area contributed by atoms with Gasteiger partial charge in [0, 0.05) is 11.7 Å². The Morgan fingerprint density at radius 2 is 1.27 bits per heavy atom. The Labute approximate surface area is 138 Å². The van der Waals surface area contributed by atoms with Gasteiger partial charge in [0.15, 0.2) is 0 Å². The summed E-state index contributed by atoms with van der Waals surface area (Å²) in [5.41, 5.74) is 1.27. The monoisotopic (exact) mass is 303 g/mol. The van der Waals surface area contributed by atoms with Crippen molar-refractivity contribution in [1.82, 2.24) is 0 Å². The van der Waals surface area contributed by atoms with Crippen LogP contribution in [0.15, 0.2) is 30.3 Å². The van der Waals surface area contributed by atoms with Gasteiger partial charge in [0.25, 0.3) is 0 Å². The average molecular weight is 304 g/mol. The van der Waals surface area contributed by atoms with Crippen molar-refractivity contribution in [2.24, 2.45) is 0 Å². The summed E-state index contributed by atoms with van der Waals surface area (Å²) >= 11 is 0. The van der Waals surface area contributed by atoms with Gasteiger partial charge < -0.3 is 5.32 Å². The van der Waals surface area contributed by atoms with Gasteiger partial charge in [-0.25, -0.2) is 0 Å². The molecule has 22 heavy (non-hydrogen) atoms.